The topological polar surface area (TPSA) is 152 Å². The third-order valence-electron chi connectivity index (χ3n) is 8.73. The summed E-state index contributed by atoms with van der Waals surface area (Å²) in [6.07, 6.45) is 3.83. The minimum Gasteiger partial charge on any atom is -0.481 e. The van der Waals surface area contributed by atoms with E-state index in [1.54, 1.807) is 39.9 Å². The average Bonchev–Trinajstić information content (AvgIpc) is 3.39. The first-order valence-electron chi connectivity index (χ1n) is 14.7. The number of aliphatic carboxylic acids is 1. The van der Waals surface area contributed by atoms with Crippen molar-refractivity contribution < 1.29 is 29.9 Å². The Morgan fingerprint density at radius 2 is 1.60 bits per heavy atom. The number of aromatic nitrogens is 3. The van der Waals surface area contributed by atoms with Crippen LogP contribution in [0.5, 0.6) is 0 Å². The van der Waals surface area contributed by atoms with Crippen molar-refractivity contribution in [3.63, 3.8) is 0 Å². The minimum atomic E-state index is -0.789. The van der Waals surface area contributed by atoms with Crippen LogP contribution < -0.4 is 5.23 Å². The normalized spacial score (nSPS) is 20.7. The molecule has 0 radical (unpaired) electrons. The van der Waals surface area contributed by atoms with E-state index in [1.807, 2.05) is 24.8 Å². The number of hydrogen-bond acceptors (Lipinski definition) is 8. The highest BCUT2D eigenvalue weighted by Crippen LogP contribution is 2.33. The van der Waals surface area contributed by atoms with Gasteiger partial charge < -0.3 is 14.9 Å². The summed E-state index contributed by atoms with van der Waals surface area (Å²) in [5.41, 5.74) is 2.42. The number of nitrogens with zero attached hydrogens (tertiary/aromatic N) is 6. The van der Waals surface area contributed by atoms with Gasteiger partial charge in [-0.1, -0.05) is 32.9 Å². The highest BCUT2D eigenvalue weighted by molar-refractivity contribution is 5.94. The van der Waals surface area contributed by atoms with Crippen LogP contribution in [-0.4, -0.2) is 82.9 Å². The van der Waals surface area contributed by atoms with E-state index in [2.05, 4.69) is 20.8 Å². The lowest BCUT2D eigenvalue weighted by Gasteiger charge is -2.47. The summed E-state index contributed by atoms with van der Waals surface area (Å²) in [4.78, 5) is 46.9. The Labute approximate surface area is 250 Å². The van der Waals surface area contributed by atoms with Crippen LogP contribution in [0, 0.1) is 11.8 Å². The van der Waals surface area contributed by atoms with E-state index < -0.39 is 11.5 Å². The smallest absolute Gasteiger partial charge is 0.306 e. The summed E-state index contributed by atoms with van der Waals surface area (Å²) in [7, 11) is 0. The molecule has 1 saturated carbocycles. The standard InChI is InChI=1S/C31H40N6O6/c1-30(2,3)23-16-24(19-10-12-22(13-11-19)37(42)43)33-36-17-25(32-26(23)36)28(39)35-15-14-34(18-31(35,4)5)27(38)20-6-8-21(9-7-20)29(40)41/h10-13,16-17,20-21,42-43H,6-9,14-15,18H2,1-5H3,(H,40,41)/t20-,21+. The van der Waals surface area contributed by atoms with E-state index in [1.165, 1.54) is 0 Å². The summed E-state index contributed by atoms with van der Waals surface area (Å²) in [6, 6.07) is 8.54. The number of anilines is 1. The van der Waals surface area contributed by atoms with Crippen molar-refractivity contribution in [3.05, 3.63) is 47.8 Å². The summed E-state index contributed by atoms with van der Waals surface area (Å²) < 4.78 is 1.63. The fourth-order valence-corrected chi connectivity index (χ4v) is 6.24. The first-order chi connectivity index (χ1) is 20.2. The second kappa shape index (κ2) is 11.2. The highest BCUT2D eigenvalue weighted by Gasteiger charge is 2.41. The van der Waals surface area contributed by atoms with Gasteiger partial charge in [-0.05, 0) is 63.1 Å². The van der Waals surface area contributed by atoms with E-state index in [4.69, 9.17) is 10.1 Å². The maximum Gasteiger partial charge on any atom is 0.306 e. The molecule has 43 heavy (non-hydrogen) atoms. The Bertz CT molecular complexity index is 1530. The Morgan fingerprint density at radius 1 is 0.977 bits per heavy atom. The number of piperazine rings is 1. The first kappa shape index (κ1) is 30.4. The molecule has 2 amide bonds. The van der Waals surface area contributed by atoms with E-state index >= 15 is 0 Å². The lowest BCUT2D eigenvalue weighted by atomic mass is 9.81. The van der Waals surface area contributed by atoms with Crippen LogP contribution in [0.2, 0.25) is 0 Å². The van der Waals surface area contributed by atoms with Gasteiger partial charge in [0, 0.05) is 36.7 Å². The Hall–Kier alpha value is -4.03. The van der Waals surface area contributed by atoms with Crippen molar-refractivity contribution in [3.8, 4) is 11.3 Å². The van der Waals surface area contributed by atoms with Crippen LogP contribution in [0.4, 0.5) is 5.69 Å². The molecule has 1 aromatic carbocycles. The molecule has 3 N–H and O–H groups in total. The van der Waals surface area contributed by atoms with Crippen LogP contribution in [0.15, 0.2) is 36.5 Å². The zero-order valence-corrected chi connectivity index (χ0v) is 25.3. The van der Waals surface area contributed by atoms with Gasteiger partial charge in [-0.2, -0.15) is 5.10 Å². The zero-order valence-electron chi connectivity index (χ0n) is 25.3. The van der Waals surface area contributed by atoms with Gasteiger partial charge in [-0.25, -0.2) is 9.50 Å². The number of imidazole rings is 1. The van der Waals surface area contributed by atoms with Gasteiger partial charge in [0.1, 0.15) is 5.69 Å². The van der Waals surface area contributed by atoms with Crippen molar-refractivity contribution in [2.24, 2.45) is 11.8 Å². The van der Waals surface area contributed by atoms with Crippen molar-refractivity contribution >= 4 is 29.1 Å². The molecule has 230 valence electrons. The van der Waals surface area contributed by atoms with E-state index in [0.29, 0.717) is 56.7 Å². The number of amides is 2. The van der Waals surface area contributed by atoms with Crippen LogP contribution in [0.1, 0.15) is 76.4 Å². The van der Waals surface area contributed by atoms with Crippen LogP contribution in [0.25, 0.3) is 16.9 Å². The second-order valence-electron chi connectivity index (χ2n) is 13.3. The predicted molar refractivity (Wildman–Crippen MR) is 158 cm³/mol. The van der Waals surface area contributed by atoms with Crippen LogP contribution >= 0.6 is 0 Å². The van der Waals surface area contributed by atoms with Gasteiger partial charge in [0.25, 0.3) is 5.91 Å². The summed E-state index contributed by atoms with van der Waals surface area (Å²) >= 11 is 0. The van der Waals surface area contributed by atoms with Gasteiger partial charge in [0.2, 0.25) is 5.91 Å². The molecule has 1 aliphatic carbocycles. The number of fused-ring (bicyclic) bond motifs is 1. The number of carboxylic acid groups (broad SMARTS) is 1. The number of hydrogen-bond donors (Lipinski definition) is 3. The Morgan fingerprint density at radius 3 is 2.16 bits per heavy atom. The lowest BCUT2D eigenvalue weighted by Crippen LogP contribution is -2.62. The Kier molecular flexibility index (Phi) is 7.95. The molecule has 0 spiro atoms. The van der Waals surface area contributed by atoms with Crippen molar-refractivity contribution in [1.29, 1.82) is 0 Å². The Balaban J connectivity index is 1.37. The van der Waals surface area contributed by atoms with Crippen molar-refractivity contribution in [2.75, 3.05) is 24.9 Å². The average molecular weight is 593 g/mol. The molecule has 1 aliphatic heterocycles. The third-order valence-corrected chi connectivity index (χ3v) is 8.73. The zero-order chi connectivity index (χ0) is 31.3. The first-order valence-corrected chi connectivity index (χ1v) is 14.7. The van der Waals surface area contributed by atoms with Crippen LogP contribution in [-0.2, 0) is 15.0 Å². The summed E-state index contributed by atoms with van der Waals surface area (Å²) in [5, 5.41) is 32.7. The molecule has 1 saturated heterocycles. The molecule has 0 atom stereocenters. The number of carbonyl (C=O) groups is 3. The summed E-state index contributed by atoms with van der Waals surface area (Å²) in [5.74, 6) is -1.53. The van der Waals surface area contributed by atoms with Gasteiger partial charge in [-0.15, -0.1) is 5.23 Å². The van der Waals surface area contributed by atoms with Gasteiger partial charge in [0.15, 0.2) is 5.65 Å². The van der Waals surface area contributed by atoms with Crippen molar-refractivity contribution in [1.82, 2.24) is 24.4 Å². The molecular weight excluding hydrogens is 552 g/mol. The third kappa shape index (κ3) is 6.07. The van der Waals surface area contributed by atoms with Gasteiger partial charge in [-0.3, -0.25) is 24.8 Å². The molecule has 3 heterocycles. The van der Waals surface area contributed by atoms with Crippen LogP contribution in [0.3, 0.4) is 0 Å². The number of rotatable bonds is 5. The molecular formula is C31H40N6O6. The molecule has 2 aromatic heterocycles. The minimum absolute atomic E-state index is 0.0435. The van der Waals surface area contributed by atoms with E-state index in [-0.39, 0.29) is 45.7 Å². The molecule has 0 bridgehead atoms. The largest absolute Gasteiger partial charge is 0.481 e. The quantitative estimate of drug-likeness (QED) is 0.370. The molecule has 3 aromatic rings. The van der Waals surface area contributed by atoms with Gasteiger partial charge >= 0.3 is 5.97 Å². The number of carboxylic acids is 1. The molecule has 2 fully saturated rings. The predicted octanol–water partition coefficient (Wildman–Crippen LogP) is 4.23. The van der Waals surface area contributed by atoms with Crippen molar-refractivity contribution in [2.45, 2.75) is 71.3 Å². The van der Waals surface area contributed by atoms with E-state index in [9.17, 15) is 29.9 Å². The maximum atomic E-state index is 13.9. The van der Waals surface area contributed by atoms with Gasteiger partial charge in [0.05, 0.1) is 29.0 Å². The summed E-state index contributed by atoms with van der Waals surface area (Å²) in [6.45, 7) is 11.2. The lowest BCUT2D eigenvalue weighted by molar-refractivity contribution is -0.147. The monoisotopic (exact) mass is 592 g/mol. The number of carbonyl (C=O) groups excluding carboxylic acids is 2. The SMILES string of the molecule is CC(C)(C)c1cc(-c2ccc(N(O)O)cc2)nn2cc(C(=O)N3CCN(C(=O)[C@H]4CC[C@@H](C(=O)O)CC4)CC3(C)C)nc12. The molecule has 5 rings (SSSR count). The fraction of sp³-hybridized carbons (Fsp3) is 0.516. The molecule has 12 heteroatoms. The number of benzene rings is 1. The molecule has 12 nitrogen and oxygen atoms in total. The molecule has 0 unspecified atom stereocenters. The fourth-order valence-electron chi connectivity index (χ4n) is 6.24. The second-order valence-corrected chi connectivity index (χ2v) is 13.3. The highest BCUT2D eigenvalue weighted by atomic mass is 16.8. The molecule has 2 aliphatic rings. The maximum absolute atomic E-state index is 13.9. The van der Waals surface area contributed by atoms with E-state index in [0.717, 1.165) is 11.1 Å².